The van der Waals surface area contributed by atoms with E-state index in [1.54, 1.807) is 42.6 Å². The Morgan fingerprint density at radius 3 is 2.76 bits per heavy atom. The van der Waals surface area contributed by atoms with E-state index >= 15 is 0 Å². The molecule has 0 spiro atoms. The molecule has 0 saturated carbocycles. The lowest BCUT2D eigenvalue weighted by atomic mass is 10.0. The molecular formula is C26H25ClN6O. The predicted octanol–water partition coefficient (Wildman–Crippen LogP) is 3.98. The Morgan fingerprint density at radius 2 is 2.00 bits per heavy atom. The molecule has 0 bridgehead atoms. The molecule has 172 valence electrons. The average Bonchev–Trinajstić information content (AvgIpc) is 2.82. The lowest BCUT2D eigenvalue weighted by Gasteiger charge is -2.26. The normalized spacial score (nSPS) is 14.6. The number of halogens is 1. The van der Waals surface area contributed by atoms with Crippen molar-refractivity contribution in [2.75, 3.05) is 6.54 Å². The second-order valence-electron chi connectivity index (χ2n) is 8.04. The molecule has 0 aliphatic carbocycles. The summed E-state index contributed by atoms with van der Waals surface area (Å²) >= 11 is 6.07. The highest BCUT2D eigenvalue weighted by Gasteiger charge is 2.15. The van der Waals surface area contributed by atoms with Gasteiger partial charge < -0.3 is 21.7 Å². The predicted molar refractivity (Wildman–Crippen MR) is 135 cm³/mol. The van der Waals surface area contributed by atoms with E-state index in [1.165, 1.54) is 0 Å². The van der Waals surface area contributed by atoms with Crippen LogP contribution in [0.2, 0.25) is 5.02 Å². The summed E-state index contributed by atoms with van der Waals surface area (Å²) in [6, 6.07) is 11.4. The van der Waals surface area contributed by atoms with Crippen LogP contribution in [-0.2, 0) is 6.42 Å². The molecule has 1 aliphatic heterocycles. The fourth-order valence-electron chi connectivity index (χ4n) is 3.68. The number of fused-ring (bicyclic) bond motifs is 1. The van der Waals surface area contributed by atoms with E-state index in [2.05, 4.69) is 21.9 Å². The second-order valence-corrected chi connectivity index (χ2v) is 8.48. The maximum absolute atomic E-state index is 12.8. The number of aromatic nitrogens is 2. The van der Waals surface area contributed by atoms with Gasteiger partial charge >= 0.3 is 0 Å². The number of nitrogens with two attached hydrogens (primary N) is 2. The van der Waals surface area contributed by atoms with Gasteiger partial charge in [0, 0.05) is 53.9 Å². The van der Waals surface area contributed by atoms with Crippen LogP contribution in [0.5, 0.6) is 0 Å². The summed E-state index contributed by atoms with van der Waals surface area (Å²) in [4.78, 5) is 23.2. The van der Waals surface area contributed by atoms with E-state index in [0.717, 1.165) is 33.4 Å². The number of carbonyl (C=O) groups excluding carboxylic acids is 1. The lowest BCUT2D eigenvalue weighted by Crippen LogP contribution is -2.29. The van der Waals surface area contributed by atoms with Gasteiger partial charge in [0.1, 0.15) is 0 Å². The van der Waals surface area contributed by atoms with Crippen molar-refractivity contribution in [3.63, 3.8) is 0 Å². The van der Waals surface area contributed by atoms with Crippen LogP contribution in [0.1, 0.15) is 28.5 Å². The molecule has 7 nitrogen and oxygen atoms in total. The lowest BCUT2D eigenvalue weighted by molar-refractivity contribution is 0.0957. The molecule has 3 heterocycles. The van der Waals surface area contributed by atoms with Crippen LogP contribution in [0.15, 0.2) is 96.5 Å². The van der Waals surface area contributed by atoms with Gasteiger partial charge in [0.2, 0.25) is 0 Å². The quantitative estimate of drug-likeness (QED) is 0.500. The van der Waals surface area contributed by atoms with Crippen molar-refractivity contribution in [2.24, 2.45) is 11.5 Å². The summed E-state index contributed by atoms with van der Waals surface area (Å²) in [5.74, 6) is 0.179. The van der Waals surface area contributed by atoms with Gasteiger partial charge in [0.25, 0.3) is 5.91 Å². The molecule has 0 saturated heterocycles. The number of pyridine rings is 2. The summed E-state index contributed by atoms with van der Waals surface area (Å²) in [5, 5.41) is 4.50. The van der Waals surface area contributed by atoms with Crippen molar-refractivity contribution in [1.29, 1.82) is 0 Å². The second kappa shape index (κ2) is 9.80. The highest BCUT2D eigenvalue weighted by atomic mass is 35.5. The standard InChI is InChI=1S/C26H25ClN6O/c1-16(28)25-11-19(6-8-33(25)17(2)29)14-32-26(34)20-5-7-30-23(13-20)10-18-3-4-24-21(9-18)12-22(27)15-31-24/h3-9,11-13,15H,2,10,14,28-29H2,1H3,(H,32,34)/b25-16-. The number of nitrogens with zero attached hydrogens (tertiary/aromatic N) is 3. The van der Waals surface area contributed by atoms with E-state index in [9.17, 15) is 4.79 Å². The smallest absolute Gasteiger partial charge is 0.251 e. The first-order valence-electron chi connectivity index (χ1n) is 10.7. The minimum absolute atomic E-state index is 0.187. The molecule has 34 heavy (non-hydrogen) atoms. The van der Waals surface area contributed by atoms with Crippen molar-refractivity contribution >= 4 is 28.4 Å². The van der Waals surface area contributed by atoms with Gasteiger partial charge in [-0.1, -0.05) is 24.2 Å². The van der Waals surface area contributed by atoms with Gasteiger partial charge in [-0.3, -0.25) is 14.8 Å². The summed E-state index contributed by atoms with van der Waals surface area (Å²) in [5.41, 5.74) is 17.3. The van der Waals surface area contributed by atoms with Crippen molar-refractivity contribution in [3.8, 4) is 0 Å². The molecular weight excluding hydrogens is 448 g/mol. The molecule has 1 aliphatic rings. The van der Waals surface area contributed by atoms with Gasteiger partial charge in [-0.05, 0) is 60.5 Å². The van der Waals surface area contributed by atoms with E-state index in [-0.39, 0.29) is 5.91 Å². The molecule has 2 aromatic heterocycles. The van der Waals surface area contributed by atoms with Crippen molar-refractivity contribution < 1.29 is 4.79 Å². The minimum Gasteiger partial charge on any atom is -0.401 e. The van der Waals surface area contributed by atoms with E-state index in [0.29, 0.717) is 35.1 Å². The third-order valence-corrected chi connectivity index (χ3v) is 5.57. The van der Waals surface area contributed by atoms with Crippen molar-refractivity contribution in [3.05, 3.63) is 118 Å². The highest BCUT2D eigenvalue weighted by molar-refractivity contribution is 6.31. The zero-order valence-corrected chi connectivity index (χ0v) is 19.5. The molecule has 1 amide bonds. The summed E-state index contributed by atoms with van der Waals surface area (Å²) in [6.45, 7) is 5.88. The third-order valence-electron chi connectivity index (χ3n) is 5.36. The Bertz CT molecular complexity index is 1370. The molecule has 3 aromatic rings. The van der Waals surface area contributed by atoms with Crippen LogP contribution in [0.25, 0.3) is 10.9 Å². The van der Waals surface area contributed by atoms with E-state index in [4.69, 9.17) is 23.1 Å². The van der Waals surface area contributed by atoms with Crippen molar-refractivity contribution in [2.45, 2.75) is 13.3 Å². The van der Waals surface area contributed by atoms with E-state index in [1.807, 2.05) is 36.4 Å². The average molecular weight is 473 g/mol. The van der Waals surface area contributed by atoms with Crippen LogP contribution in [0, 0.1) is 0 Å². The minimum atomic E-state index is -0.187. The van der Waals surface area contributed by atoms with Crippen molar-refractivity contribution in [1.82, 2.24) is 20.2 Å². The summed E-state index contributed by atoms with van der Waals surface area (Å²) in [7, 11) is 0. The first-order chi connectivity index (χ1) is 16.3. The van der Waals surface area contributed by atoms with Gasteiger partial charge in [0.15, 0.2) is 0 Å². The molecule has 0 radical (unpaired) electrons. The van der Waals surface area contributed by atoms with Crippen LogP contribution in [0.3, 0.4) is 0 Å². The van der Waals surface area contributed by atoms with Crippen LogP contribution < -0.4 is 16.8 Å². The SMILES string of the molecule is C=C(N)N1C=CC(CNC(=O)c2ccnc(Cc3ccc4ncc(Cl)cc4c3)c2)=C/C1=C(\C)N. The fourth-order valence-corrected chi connectivity index (χ4v) is 3.85. The molecule has 0 atom stereocenters. The highest BCUT2D eigenvalue weighted by Crippen LogP contribution is 2.21. The van der Waals surface area contributed by atoms with Crippen LogP contribution in [-0.4, -0.2) is 27.3 Å². The monoisotopic (exact) mass is 472 g/mol. The number of carbonyl (C=O) groups is 1. The van der Waals surface area contributed by atoms with Gasteiger partial charge in [-0.25, -0.2) is 0 Å². The maximum atomic E-state index is 12.8. The Hall–Kier alpha value is -4.10. The molecule has 1 aromatic carbocycles. The zero-order chi connectivity index (χ0) is 24.2. The van der Waals surface area contributed by atoms with Gasteiger partial charge in [0.05, 0.1) is 22.1 Å². The van der Waals surface area contributed by atoms with E-state index < -0.39 is 0 Å². The molecule has 5 N–H and O–H groups in total. The Kier molecular flexibility index (Phi) is 6.65. The number of amides is 1. The Morgan fingerprint density at radius 1 is 1.18 bits per heavy atom. The number of benzene rings is 1. The van der Waals surface area contributed by atoms with Gasteiger partial charge in [-0.15, -0.1) is 0 Å². The Balaban J connectivity index is 1.44. The summed E-state index contributed by atoms with van der Waals surface area (Å²) < 4.78 is 0. The van der Waals surface area contributed by atoms with Crippen LogP contribution in [0.4, 0.5) is 0 Å². The fraction of sp³-hybridized carbons (Fsp3) is 0.115. The van der Waals surface area contributed by atoms with Crippen LogP contribution >= 0.6 is 11.6 Å². The third kappa shape index (κ3) is 5.27. The maximum Gasteiger partial charge on any atom is 0.251 e. The number of hydrogen-bond acceptors (Lipinski definition) is 6. The largest absolute Gasteiger partial charge is 0.401 e. The summed E-state index contributed by atoms with van der Waals surface area (Å²) in [6.07, 6.45) is 9.39. The zero-order valence-electron chi connectivity index (χ0n) is 18.8. The molecule has 4 rings (SSSR count). The number of allylic oxidation sites excluding steroid dienone is 2. The van der Waals surface area contributed by atoms with Gasteiger partial charge in [-0.2, -0.15) is 0 Å². The first kappa shape index (κ1) is 23.1. The first-order valence-corrected chi connectivity index (χ1v) is 11.0. The molecule has 0 unspecified atom stereocenters. The number of nitrogens with one attached hydrogen (secondary N) is 1. The number of hydrogen-bond donors (Lipinski definition) is 3. The molecule has 8 heteroatoms. The Labute approximate surface area is 203 Å². The topological polar surface area (TPSA) is 110 Å². The number of rotatable bonds is 6. The molecule has 0 fully saturated rings.